The summed E-state index contributed by atoms with van der Waals surface area (Å²) in [5.41, 5.74) is 0.420. The molecule has 9 heteroatoms. The number of benzene rings is 1. The van der Waals surface area contributed by atoms with Gasteiger partial charge in [0.05, 0.1) is 23.0 Å². The lowest BCUT2D eigenvalue weighted by atomic mass is 10.0. The molecule has 2 heterocycles. The molecule has 1 saturated heterocycles. The van der Waals surface area contributed by atoms with Crippen molar-refractivity contribution in [1.29, 1.82) is 0 Å². The molecule has 1 N–H and O–H groups in total. The van der Waals surface area contributed by atoms with Gasteiger partial charge in [0.1, 0.15) is 11.9 Å². The quantitative estimate of drug-likeness (QED) is 0.845. The van der Waals surface area contributed by atoms with Gasteiger partial charge in [-0.2, -0.15) is 4.31 Å². The zero-order valence-electron chi connectivity index (χ0n) is 14.7. The first-order valence-corrected chi connectivity index (χ1v) is 9.96. The Labute approximate surface area is 152 Å². The number of ether oxygens (including phenoxy) is 1. The van der Waals surface area contributed by atoms with Crippen LogP contribution in [-0.4, -0.2) is 55.4 Å². The minimum atomic E-state index is -3.85. The Morgan fingerprint density at radius 1 is 1.27 bits per heavy atom. The molecular weight excluding hydrogens is 360 g/mol. The van der Waals surface area contributed by atoms with E-state index in [1.807, 2.05) is 6.92 Å². The second-order valence-corrected chi connectivity index (χ2v) is 8.67. The highest BCUT2D eigenvalue weighted by atomic mass is 32.2. The normalized spacial score (nSPS) is 23.8. The van der Waals surface area contributed by atoms with E-state index in [-0.39, 0.29) is 30.0 Å². The molecule has 2 aliphatic heterocycles. The predicted octanol–water partition coefficient (Wildman–Crippen LogP) is 1.31. The summed E-state index contributed by atoms with van der Waals surface area (Å²) in [5.74, 6) is -1.42. The van der Waals surface area contributed by atoms with E-state index in [1.54, 1.807) is 6.07 Å². The Hall–Kier alpha value is -2.13. The molecule has 3 rings (SSSR count). The number of hydrogen-bond acceptors (Lipinski definition) is 5. The fraction of sp³-hybridized carbons (Fsp3) is 0.529. The highest BCUT2D eigenvalue weighted by Crippen LogP contribution is 2.36. The monoisotopic (exact) mass is 382 g/mol. The Balaban J connectivity index is 1.95. The van der Waals surface area contributed by atoms with Crippen LogP contribution < -0.4 is 9.64 Å². The van der Waals surface area contributed by atoms with Gasteiger partial charge in [-0.3, -0.25) is 9.59 Å². The van der Waals surface area contributed by atoms with Crippen LogP contribution in [0.5, 0.6) is 5.75 Å². The van der Waals surface area contributed by atoms with Crippen LogP contribution in [0.1, 0.15) is 26.7 Å². The highest BCUT2D eigenvalue weighted by molar-refractivity contribution is 7.89. The summed E-state index contributed by atoms with van der Waals surface area (Å²) in [4.78, 5) is 24.7. The largest absolute Gasteiger partial charge is 0.487 e. The number of aliphatic carboxylic acids is 1. The van der Waals surface area contributed by atoms with Gasteiger partial charge in [0.2, 0.25) is 15.9 Å². The van der Waals surface area contributed by atoms with Crippen LogP contribution in [0.3, 0.4) is 0 Å². The summed E-state index contributed by atoms with van der Waals surface area (Å²) in [5, 5.41) is 9.19. The third-order valence-corrected chi connectivity index (χ3v) is 6.60. The summed E-state index contributed by atoms with van der Waals surface area (Å²) < 4.78 is 32.8. The Morgan fingerprint density at radius 3 is 2.65 bits per heavy atom. The molecule has 1 aromatic rings. The predicted molar refractivity (Wildman–Crippen MR) is 93.7 cm³/mol. The number of fused-ring (bicyclic) bond motifs is 1. The van der Waals surface area contributed by atoms with Crippen molar-refractivity contribution < 1.29 is 27.9 Å². The SMILES string of the molecule is CC(=O)N1CC(C)Oc2ccc(S(=O)(=O)N3CCCC(C(=O)O)C3)cc21. The summed E-state index contributed by atoms with van der Waals surface area (Å²) in [7, 11) is -3.85. The van der Waals surface area contributed by atoms with Crippen molar-refractivity contribution in [2.75, 3.05) is 24.5 Å². The molecule has 0 saturated carbocycles. The van der Waals surface area contributed by atoms with Crippen LogP contribution in [0.15, 0.2) is 23.1 Å². The van der Waals surface area contributed by atoms with E-state index in [2.05, 4.69) is 0 Å². The minimum absolute atomic E-state index is 0.0340. The van der Waals surface area contributed by atoms with Crippen molar-refractivity contribution in [2.45, 2.75) is 37.7 Å². The van der Waals surface area contributed by atoms with Crippen molar-refractivity contribution >= 4 is 27.6 Å². The molecule has 2 aliphatic rings. The van der Waals surface area contributed by atoms with Gasteiger partial charge in [-0.05, 0) is 38.0 Å². The molecule has 1 amide bonds. The molecule has 8 nitrogen and oxygen atoms in total. The van der Waals surface area contributed by atoms with Crippen LogP contribution in [0, 0.1) is 5.92 Å². The second-order valence-electron chi connectivity index (χ2n) is 6.73. The lowest BCUT2D eigenvalue weighted by Gasteiger charge is -2.34. The summed E-state index contributed by atoms with van der Waals surface area (Å²) in [6, 6.07) is 4.42. The number of sulfonamides is 1. The Kier molecular flexibility index (Phi) is 4.94. The van der Waals surface area contributed by atoms with Gasteiger partial charge in [0, 0.05) is 20.0 Å². The molecule has 0 spiro atoms. The molecule has 0 bridgehead atoms. The van der Waals surface area contributed by atoms with Crippen LogP contribution in [-0.2, 0) is 19.6 Å². The van der Waals surface area contributed by atoms with E-state index >= 15 is 0 Å². The van der Waals surface area contributed by atoms with E-state index < -0.39 is 21.9 Å². The topological polar surface area (TPSA) is 104 Å². The van der Waals surface area contributed by atoms with Crippen molar-refractivity contribution in [2.24, 2.45) is 5.92 Å². The maximum Gasteiger partial charge on any atom is 0.307 e. The smallest absolute Gasteiger partial charge is 0.307 e. The molecule has 1 aromatic carbocycles. The van der Waals surface area contributed by atoms with Crippen molar-refractivity contribution in [3.63, 3.8) is 0 Å². The first-order chi connectivity index (χ1) is 12.2. The van der Waals surface area contributed by atoms with Crippen molar-refractivity contribution in [3.8, 4) is 5.75 Å². The maximum atomic E-state index is 13.0. The van der Waals surface area contributed by atoms with Crippen LogP contribution >= 0.6 is 0 Å². The van der Waals surface area contributed by atoms with E-state index in [0.717, 1.165) is 0 Å². The van der Waals surface area contributed by atoms with Crippen LogP contribution in [0.2, 0.25) is 0 Å². The molecular formula is C17H22N2O6S. The summed E-state index contributed by atoms with van der Waals surface area (Å²) in [6.45, 7) is 3.84. The van der Waals surface area contributed by atoms with Gasteiger partial charge < -0.3 is 14.7 Å². The van der Waals surface area contributed by atoms with E-state index in [4.69, 9.17) is 4.74 Å². The first-order valence-electron chi connectivity index (χ1n) is 8.52. The fourth-order valence-electron chi connectivity index (χ4n) is 3.39. The van der Waals surface area contributed by atoms with Gasteiger partial charge in [-0.1, -0.05) is 0 Å². The standard InChI is InChI=1S/C17H22N2O6S/c1-11-9-19(12(2)20)15-8-14(5-6-16(15)25-11)26(23,24)18-7-3-4-13(10-18)17(21)22/h5-6,8,11,13H,3-4,7,9-10H2,1-2H3,(H,21,22). The number of rotatable bonds is 3. The molecule has 26 heavy (non-hydrogen) atoms. The van der Waals surface area contributed by atoms with Crippen LogP contribution in [0.25, 0.3) is 0 Å². The average molecular weight is 382 g/mol. The number of piperidine rings is 1. The maximum absolute atomic E-state index is 13.0. The number of nitrogens with zero attached hydrogens (tertiary/aromatic N) is 2. The minimum Gasteiger partial charge on any atom is -0.487 e. The zero-order valence-corrected chi connectivity index (χ0v) is 15.5. The van der Waals surface area contributed by atoms with Crippen LogP contribution in [0.4, 0.5) is 5.69 Å². The molecule has 0 aromatic heterocycles. The number of hydrogen-bond donors (Lipinski definition) is 1. The summed E-state index contributed by atoms with van der Waals surface area (Å²) >= 11 is 0. The summed E-state index contributed by atoms with van der Waals surface area (Å²) in [6.07, 6.45) is 0.781. The Morgan fingerprint density at radius 2 is 2.00 bits per heavy atom. The molecule has 142 valence electrons. The van der Waals surface area contributed by atoms with Gasteiger partial charge >= 0.3 is 5.97 Å². The lowest BCUT2D eigenvalue weighted by Crippen LogP contribution is -2.43. The van der Waals surface area contributed by atoms with E-state index in [0.29, 0.717) is 30.8 Å². The Bertz CT molecular complexity index is 838. The third-order valence-electron chi connectivity index (χ3n) is 4.74. The highest BCUT2D eigenvalue weighted by Gasteiger charge is 2.34. The fourth-order valence-corrected chi connectivity index (χ4v) is 4.93. The molecule has 2 unspecified atom stereocenters. The van der Waals surface area contributed by atoms with Gasteiger partial charge in [-0.15, -0.1) is 0 Å². The number of anilines is 1. The zero-order chi connectivity index (χ0) is 19.1. The third kappa shape index (κ3) is 3.41. The first kappa shape index (κ1) is 18.7. The van der Waals surface area contributed by atoms with Crippen molar-refractivity contribution in [3.05, 3.63) is 18.2 Å². The molecule has 0 aliphatic carbocycles. The number of carboxylic acid groups (broad SMARTS) is 1. The van der Waals surface area contributed by atoms with E-state index in [9.17, 15) is 23.1 Å². The molecule has 0 radical (unpaired) electrons. The van der Waals surface area contributed by atoms with E-state index in [1.165, 1.54) is 28.3 Å². The second kappa shape index (κ2) is 6.88. The van der Waals surface area contributed by atoms with Gasteiger partial charge in [0.15, 0.2) is 0 Å². The number of amides is 1. The van der Waals surface area contributed by atoms with Crippen molar-refractivity contribution in [1.82, 2.24) is 4.31 Å². The number of carbonyl (C=O) groups excluding carboxylic acids is 1. The average Bonchev–Trinajstić information content (AvgIpc) is 2.60. The molecule has 2 atom stereocenters. The lowest BCUT2D eigenvalue weighted by molar-refractivity contribution is -0.142. The van der Waals surface area contributed by atoms with Gasteiger partial charge in [-0.25, -0.2) is 8.42 Å². The van der Waals surface area contributed by atoms with Gasteiger partial charge in [0.25, 0.3) is 0 Å². The number of carboxylic acids is 1. The number of carbonyl (C=O) groups is 2. The molecule has 1 fully saturated rings.